The fourth-order valence-electron chi connectivity index (χ4n) is 0.221. The van der Waals surface area contributed by atoms with Gasteiger partial charge in [0.2, 0.25) is 0 Å². The van der Waals surface area contributed by atoms with Crippen LogP contribution in [0.4, 0.5) is 0 Å². The second-order valence-electron chi connectivity index (χ2n) is 1.05. The summed E-state index contributed by atoms with van der Waals surface area (Å²) >= 11 is 2.27. The molecule has 0 aliphatic rings. The molecule has 2 heteroatoms. The maximum atomic E-state index is 5.01. The topological polar surface area (TPSA) is 9.23 Å². The van der Waals surface area contributed by atoms with Crippen molar-refractivity contribution in [1.29, 1.82) is 0 Å². The van der Waals surface area contributed by atoms with Crippen LogP contribution in [0.25, 0.3) is 0 Å². The lowest BCUT2D eigenvalue weighted by atomic mass is 10.7. The largest absolute Gasteiger partial charge is 0.377 e. The van der Waals surface area contributed by atoms with Crippen molar-refractivity contribution in [2.45, 2.75) is 0 Å². The van der Waals surface area contributed by atoms with Gasteiger partial charge in [-0.1, -0.05) is 28.7 Å². The number of ether oxygens (including phenoxy) is 1. The van der Waals surface area contributed by atoms with Crippen LogP contribution in [0, 0.1) is 0 Å². The van der Waals surface area contributed by atoms with Gasteiger partial charge in [-0.15, -0.1) is 6.58 Å². The van der Waals surface area contributed by atoms with Crippen LogP contribution in [0.3, 0.4) is 0 Å². The molecule has 7 heavy (non-hydrogen) atoms. The van der Waals surface area contributed by atoms with Crippen molar-refractivity contribution in [2.24, 2.45) is 0 Å². The Labute approximate surface area is 57.9 Å². The molecule has 0 spiro atoms. The Kier molecular flexibility index (Phi) is 6.82. The van der Waals surface area contributed by atoms with E-state index in [4.69, 9.17) is 4.74 Å². The molecule has 0 N–H and O–H groups in total. The number of rotatable bonds is 4. The first kappa shape index (κ1) is 7.43. The minimum absolute atomic E-state index is 0.684. The summed E-state index contributed by atoms with van der Waals surface area (Å²) in [6.45, 7) is 5.03. The van der Waals surface area contributed by atoms with E-state index in [1.807, 2.05) is 0 Å². The Morgan fingerprint density at radius 2 is 2.43 bits per heavy atom. The lowest BCUT2D eigenvalue weighted by Gasteiger charge is -1.92. The van der Waals surface area contributed by atoms with E-state index in [1.54, 1.807) is 6.08 Å². The molecule has 0 bridgehead atoms. The Balaban J connectivity index is 2.56. The fourth-order valence-corrected chi connectivity index (χ4v) is 0.533. The van der Waals surface area contributed by atoms with Gasteiger partial charge in [-0.2, -0.15) is 0 Å². The van der Waals surface area contributed by atoms with Crippen LogP contribution < -0.4 is 0 Å². The van der Waals surface area contributed by atoms with Gasteiger partial charge < -0.3 is 4.74 Å². The van der Waals surface area contributed by atoms with Gasteiger partial charge in [-0.05, 0) is 0 Å². The molecule has 1 nitrogen and oxygen atoms in total. The van der Waals surface area contributed by atoms with Crippen molar-refractivity contribution >= 4 is 22.6 Å². The minimum atomic E-state index is 0.684. The van der Waals surface area contributed by atoms with Gasteiger partial charge >= 0.3 is 0 Å². The summed E-state index contributed by atoms with van der Waals surface area (Å²) < 4.78 is 6.07. The van der Waals surface area contributed by atoms with E-state index < -0.39 is 0 Å². The van der Waals surface area contributed by atoms with Crippen LogP contribution in [-0.4, -0.2) is 17.6 Å². The molecule has 0 aromatic carbocycles. The SMILES string of the molecule is C=CCOCCI. The Morgan fingerprint density at radius 1 is 1.71 bits per heavy atom. The molecule has 0 aromatic rings. The highest BCUT2D eigenvalue weighted by atomic mass is 127. The summed E-state index contributed by atoms with van der Waals surface area (Å²) in [6.07, 6.45) is 1.76. The van der Waals surface area contributed by atoms with E-state index in [0.29, 0.717) is 6.61 Å². The summed E-state index contributed by atoms with van der Waals surface area (Å²) in [6, 6.07) is 0. The zero-order valence-corrected chi connectivity index (χ0v) is 6.35. The van der Waals surface area contributed by atoms with Crippen molar-refractivity contribution in [1.82, 2.24) is 0 Å². The Hall–Kier alpha value is 0.430. The molecule has 0 aromatic heterocycles. The molecule has 0 saturated carbocycles. The molecule has 0 heterocycles. The standard InChI is InChI=1S/C5H9IO/c1-2-4-7-5-3-6/h2H,1,3-5H2. The van der Waals surface area contributed by atoms with Crippen LogP contribution in [0.2, 0.25) is 0 Å². The highest BCUT2D eigenvalue weighted by Gasteiger charge is 1.76. The molecule has 0 aliphatic heterocycles. The van der Waals surface area contributed by atoms with Gasteiger partial charge in [0, 0.05) is 4.43 Å². The molecule has 0 rings (SSSR count). The lowest BCUT2D eigenvalue weighted by molar-refractivity contribution is 0.182. The third kappa shape index (κ3) is 6.43. The van der Waals surface area contributed by atoms with Gasteiger partial charge in [0.25, 0.3) is 0 Å². The summed E-state index contributed by atoms with van der Waals surface area (Å²) in [4.78, 5) is 0. The molecular weight excluding hydrogens is 203 g/mol. The molecule has 0 fully saturated rings. The van der Waals surface area contributed by atoms with Crippen LogP contribution in [0.5, 0.6) is 0 Å². The first-order valence-electron chi connectivity index (χ1n) is 2.16. The van der Waals surface area contributed by atoms with E-state index in [9.17, 15) is 0 Å². The number of alkyl halides is 1. The third-order valence-corrected chi connectivity index (χ3v) is 0.898. The number of hydrogen-bond donors (Lipinski definition) is 0. The molecule has 0 unspecified atom stereocenters. The van der Waals surface area contributed by atoms with Crippen LogP contribution >= 0.6 is 22.6 Å². The van der Waals surface area contributed by atoms with Crippen molar-refractivity contribution < 1.29 is 4.74 Å². The van der Waals surface area contributed by atoms with Crippen molar-refractivity contribution in [3.05, 3.63) is 12.7 Å². The summed E-state index contributed by atoms with van der Waals surface area (Å²) in [5.41, 5.74) is 0. The second kappa shape index (κ2) is 6.43. The molecule has 0 atom stereocenters. The molecule has 0 aliphatic carbocycles. The zero-order chi connectivity index (χ0) is 5.54. The van der Waals surface area contributed by atoms with Crippen LogP contribution in [0.1, 0.15) is 0 Å². The van der Waals surface area contributed by atoms with Gasteiger partial charge in [0.1, 0.15) is 0 Å². The quantitative estimate of drug-likeness (QED) is 0.298. The average molecular weight is 212 g/mol. The normalized spacial score (nSPS) is 8.71. The van der Waals surface area contributed by atoms with Crippen LogP contribution in [0.15, 0.2) is 12.7 Å². The first-order chi connectivity index (χ1) is 3.41. The average Bonchev–Trinajstić information content (AvgIpc) is 1.69. The maximum absolute atomic E-state index is 5.01. The highest BCUT2D eigenvalue weighted by molar-refractivity contribution is 14.1. The fraction of sp³-hybridized carbons (Fsp3) is 0.600. The molecular formula is C5H9IO. The lowest BCUT2D eigenvalue weighted by Crippen LogP contribution is -1.93. The van der Waals surface area contributed by atoms with Crippen LogP contribution in [-0.2, 0) is 4.74 Å². The van der Waals surface area contributed by atoms with Gasteiger partial charge in [-0.25, -0.2) is 0 Å². The second-order valence-corrected chi connectivity index (χ2v) is 2.13. The molecule has 42 valence electrons. The van der Waals surface area contributed by atoms with Crippen molar-refractivity contribution in [2.75, 3.05) is 17.6 Å². The van der Waals surface area contributed by atoms with Gasteiger partial charge in [-0.3, -0.25) is 0 Å². The van der Waals surface area contributed by atoms with E-state index in [-0.39, 0.29) is 0 Å². The van der Waals surface area contributed by atoms with Crippen molar-refractivity contribution in [3.8, 4) is 0 Å². The minimum Gasteiger partial charge on any atom is -0.377 e. The maximum Gasteiger partial charge on any atom is 0.0645 e. The summed E-state index contributed by atoms with van der Waals surface area (Å²) in [5.74, 6) is 0. The highest BCUT2D eigenvalue weighted by Crippen LogP contribution is 1.81. The van der Waals surface area contributed by atoms with E-state index in [0.717, 1.165) is 11.0 Å². The van der Waals surface area contributed by atoms with Crippen molar-refractivity contribution in [3.63, 3.8) is 0 Å². The summed E-state index contributed by atoms with van der Waals surface area (Å²) in [7, 11) is 0. The number of hydrogen-bond acceptors (Lipinski definition) is 1. The van der Waals surface area contributed by atoms with E-state index in [2.05, 4.69) is 29.2 Å². The Morgan fingerprint density at radius 3 is 2.86 bits per heavy atom. The predicted molar refractivity (Wildman–Crippen MR) is 39.9 cm³/mol. The van der Waals surface area contributed by atoms with Gasteiger partial charge in [0.15, 0.2) is 0 Å². The molecule has 0 radical (unpaired) electrons. The monoisotopic (exact) mass is 212 g/mol. The zero-order valence-electron chi connectivity index (χ0n) is 4.19. The first-order valence-corrected chi connectivity index (χ1v) is 3.69. The molecule has 0 amide bonds. The molecule has 0 saturated heterocycles. The van der Waals surface area contributed by atoms with E-state index in [1.165, 1.54) is 0 Å². The van der Waals surface area contributed by atoms with Gasteiger partial charge in [0.05, 0.1) is 13.2 Å². The van der Waals surface area contributed by atoms with E-state index >= 15 is 0 Å². The predicted octanol–water partition coefficient (Wildman–Crippen LogP) is 1.62. The smallest absolute Gasteiger partial charge is 0.0645 e. The summed E-state index contributed by atoms with van der Waals surface area (Å²) in [5, 5.41) is 0. The third-order valence-electron chi connectivity index (χ3n) is 0.457. The number of halogens is 1. The Bertz CT molecular complexity index is 45.3.